The molecule has 1 fully saturated rings. The molecule has 2 rings (SSSR count). The molecule has 0 amide bonds. The molecule has 1 aromatic rings. The second kappa shape index (κ2) is 7.36. The number of esters is 1. The number of nitrogens with one attached hydrogen (secondary N) is 1. The van der Waals surface area contributed by atoms with E-state index in [1.54, 1.807) is 13.1 Å². The first kappa shape index (κ1) is 15.7. The van der Waals surface area contributed by atoms with E-state index >= 15 is 0 Å². The lowest BCUT2D eigenvalue weighted by Gasteiger charge is -2.27. The number of carbonyl (C=O) groups excluding carboxylic acids is 1. The van der Waals surface area contributed by atoms with Crippen molar-refractivity contribution in [3.05, 3.63) is 17.5 Å². The molecule has 1 aliphatic heterocycles. The van der Waals surface area contributed by atoms with Gasteiger partial charge in [-0.25, -0.2) is 14.8 Å². The van der Waals surface area contributed by atoms with Crippen LogP contribution in [0, 0.1) is 12.8 Å². The average Bonchev–Trinajstić information content (AvgIpc) is 2.48. The quantitative estimate of drug-likeness (QED) is 0.827. The second-order valence-corrected chi connectivity index (χ2v) is 5.48. The molecular formula is C15H24N4O2. The van der Waals surface area contributed by atoms with Gasteiger partial charge in [0, 0.05) is 19.8 Å². The highest BCUT2D eigenvalue weighted by atomic mass is 16.5. The van der Waals surface area contributed by atoms with Crippen LogP contribution in [0.25, 0.3) is 0 Å². The minimum Gasteiger partial charge on any atom is -0.462 e. The van der Waals surface area contributed by atoms with Crippen LogP contribution in [-0.2, 0) is 4.74 Å². The van der Waals surface area contributed by atoms with Crippen molar-refractivity contribution in [1.29, 1.82) is 0 Å². The second-order valence-electron chi connectivity index (χ2n) is 5.48. The Hall–Kier alpha value is -1.69. The molecule has 1 atom stereocenters. The summed E-state index contributed by atoms with van der Waals surface area (Å²) in [5.74, 6) is 0.921. The highest BCUT2D eigenvalue weighted by Gasteiger charge is 2.18. The predicted octanol–water partition coefficient (Wildman–Crippen LogP) is 1.40. The van der Waals surface area contributed by atoms with E-state index in [4.69, 9.17) is 4.74 Å². The van der Waals surface area contributed by atoms with Crippen LogP contribution in [0.3, 0.4) is 0 Å². The van der Waals surface area contributed by atoms with Crippen LogP contribution in [0.5, 0.6) is 0 Å². The molecule has 0 spiro atoms. The number of aryl methyl sites for hydroxylation is 1. The number of hydrogen-bond acceptors (Lipinski definition) is 6. The molecule has 1 saturated heterocycles. The monoisotopic (exact) mass is 292 g/mol. The Bertz CT molecular complexity index is 487. The first-order valence-electron chi connectivity index (χ1n) is 7.54. The van der Waals surface area contributed by atoms with Gasteiger partial charge in [0.05, 0.1) is 17.9 Å². The van der Waals surface area contributed by atoms with Crippen molar-refractivity contribution in [3.8, 4) is 0 Å². The third kappa shape index (κ3) is 4.14. The maximum absolute atomic E-state index is 11.7. The van der Waals surface area contributed by atoms with Crippen LogP contribution in [0.4, 0.5) is 5.95 Å². The molecule has 116 valence electrons. The van der Waals surface area contributed by atoms with Crippen molar-refractivity contribution in [2.75, 3.05) is 38.2 Å². The lowest BCUT2D eigenvalue weighted by Crippen LogP contribution is -2.37. The molecule has 1 unspecified atom stereocenters. The standard InChI is InChI=1S/C15H24N4O2/c1-4-21-14(20)13-9-17-15(18-11(13)2)19(3)10-12-6-5-7-16-8-12/h9,12,16H,4-8,10H2,1-3H3. The van der Waals surface area contributed by atoms with Gasteiger partial charge in [0.1, 0.15) is 0 Å². The van der Waals surface area contributed by atoms with Gasteiger partial charge in [-0.2, -0.15) is 0 Å². The normalized spacial score (nSPS) is 18.3. The molecule has 6 nitrogen and oxygen atoms in total. The van der Waals surface area contributed by atoms with Gasteiger partial charge in [-0.1, -0.05) is 0 Å². The summed E-state index contributed by atoms with van der Waals surface area (Å²) >= 11 is 0. The first-order valence-corrected chi connectivity index (χ1v) is 7.54. The number of anilines is 1. The lowest BCUT2D eigenvalue weighted by molar-refractivity contribution is 0.0524. The zero-order valence-corrected chi connectivity index (χ0v) is 13.1. The molecule has 1 aliphatic rings. The number of carbonyl (C=O) groups is 1. The summed E-state index contributed by atoms with van der Waals surface area (Å²) in [6, 6.07) is 0. The van der Waals surface area contributed by atoms with Crippen molar-refractivity contribution < 1.29 is 9.53 Å². The van der Waals surface area contributed by atoms with Gasteiger partial charge in [0.15, 0.2) is 0 Å². The highest BCUT2D eigenvalue weighted by molar-refractivity contribution is 5.90. The summed E-state index contributed by atoms with van der Waals surface area (Å²) in [5, 5.41) is 3.41. The summed E-state index contributed by atoms with van der Waals surface area (Å²) in [7, 11) is 1.99. The molecule has 0 saturated carbocycles. The van der Waals surface area contributed by atoms with E-state index in [9.17, 15) is 4.79 Å². The predicted molar refractivity (Wildman–Crippen MR) is 81.6 cm³/mol. The number of nitrogens with zero attached hydrogens (tertiary/aromatic N) is 3. The fourth-order valence-electron chi connectivity index (χ4n) is 2.60. The summed E-state index contributed by atoms with van der Waals surface area (Å²) < 4.78 is 4.99. The van der Waals surface area contributed by atoms with Gasteiger partial charge in [-0.3, -0.25) is 0 Å². The van der Waals surface area contributed by atoms with E-state index in [0.717, 1.165) is 19.6 Å². The van der Waals surface area contributed by atoms with Crippen LogP contribution >= 0.6 is 0 Å². The topological polar surface area (TPSA) is 67.3 Å². The Morgan fingerprint density at radius 2 is 2.38 bits per heavy atom. The van der Waals surface area contributed by atoms with Crippen molar-refractivity contribution in [2.24, 2.45) is 5.92 Å². The van der Waals surface area contributed by atoms with Crippen LogP contribution in [0.1, 0.15) is 35.8 Å². The maximum Gasteiger partial charge on any atom is 0.341 e. The molecular weight excluding hydrogens is 268 g/mol. The Morgan fingerprint density at radius 3 is 3.00 bits per heavy atom. The summed E-state index contributed by atoms with van der Waals surface area (Å²) in [4.78, 5) is 22.5. The Morgan fingerprint density at radius 1 is 1.57 bits per heavy atom. The van der Waals surface area contributed by atoms with E-state index in [2.05, 4.69) is 20.2 Å². The van der Waals surface area contributed by atoms with Gasteiger partial charge in [-0.15, -0.1) is 0 Å². The van der Waals surface area contributed by atoms with Crippen LogP contribution in [0.15, 0.2) is 6.20 Å². The molecule has 21 heavy (non-hydrogen) atoms. The SMILES string of the molecule is CCOC(=O)c1cnc(N(C)CC2CCCNC2)nc1C. The van der Waals surface area contributed by atoms with Crippen LogP contribution < -0.4 is 10.2 Å². The number of aromatic nitrogens is 2. The van der Waals surface area contributed by atoms with Gasteiger partial charge in [-0.05, 0) is 45.7 Å². The fraction of sp³-hybridized carbons (Fsp3) is 0.667. The lowest BCUT2D eigenvalue weighted by atomic mass is 9.99. The zero-order chi connectivity index (χ0) is 15.2. The van der Waals surface area contributed by atoms with Gasteiger partial charge >= 0.3 is 5.97 Å². The Kier molecular flexibility index (Phi) is 5.50. The van der Waals surface area contributed by atoms with Crippen molar-refractivity contribution in [3.63, 3.8) is 0 Å². The van der Waals surface area contributed by atoms with E-state index < -0.39 is 0 Å². The Balaban J connectivity index is 2.02. The molecule has 0 bridgehead atoms. The molecule has 0 aromatic carbocycles. The first-order chi connectivity index (χ1) is 10.1. The smallest absolute Gasteiger partial charge is 0.341 e. The molecule has 0 aliphatic carbocycles. The van der Waals surface area contributed by atoms with Crippen molar-refractivity contribution in [2.45, 2.75) is 26.7 Å². The summed E-state index contributed by atoms with van der Waals surface area (Å²) in [6.07, 6.45) is 4.02. The number of piperidine rings is 1. The van der Waals surface area contributed by atoms with Gasteiger partial charge in [0.2, 0.25) is 5.95 Å². The third-order valence-electron chi connectivity index (χ3n) is 3.73. The minimum absolute atomic E-state index is 0.356. The van der Waals surface area contributed by atoms with Crippen LogP contribution in [-0.4, -0.2) is 49.2 Å². The number of hydrogen-bond donors (Lipinski definition) is 1. The van der Waals surface area contributed by atoms with Gasteiger partial charge < -0.3 is 15.0 Å². The molecule has 0 radical (unpaired) electrons. The molecule has 1 N–H and O–H groups in total. The number of ether oxygens (including phenoxy) is 1. The van der Waals surface area contributed by atoms with E-state index in [-0.39, 0.29) is 5.97 Å². The molecule has 1 aromatic heterocycles. The van der Waals surface area contributed by atoms with E-state index in [1.165, 1.54) is 12.8 Å². The minimum atomic E-state index is -0.360. The number of rotatable bonds is 5. The third-order valence-corrected chi connectivity index (χ3v) is 3.73. The molecule has 2 heterocycles. The van der Waals surface area contributed by atoms with Crippen molar-refractivity contribution in [1.82, 2.24) is 15.3 Å². The molecule has 6 heteroatoms. The average molecular weight is 292 g/mol. The van der Waals surface area contributed by atoms with Crippen molar-refractivity contribution >= 4 is 11.9 Å². The van der Waals surface area contributed by atoms with E-state index in [1.807, 2.05) is 14.0 Å². The zero-order valence-electron chi connectivity index (χ0n) is 13.1. The van der Waals surface area contributed by atoms with Gasteiger partial charge in [0.25, 0.3) is 0 Å². The maximum atomic E-state index is 11.7. The highest BCUT2D eigenvalue weighted by Crippen LogP contribution is 2.16. The Labute approximate surface area is 125 Å². The van der Waals surface area contributed by atoms with E-state index in [0.29, 0.717) is 29.7 Å². The largest absolute Gasteiger partial charge is 0.462 e. The van der Waals surface area contributed by atoms with Crippen LogP contribution in [0.2, 0.25) is 0 Å². The summed E-state index contributed by atoms with van der Waals surface area (Å²) in [6.45, 7) is 7.04. The fourth-order valence-corrected chi connectivity index (χ4v) is 2.60. The summed E-state index contributed by atoms with van der Waals surface area (Å²) in [5.41, 5.74) is 1.10.